The molecule has 1 aromatic carbocycles. The second-order valence-corrected chi connectivity index (χ2v) is 9.41. The number of nitrogens with zero attached hydrogens (tertiary/aromatic N) is 1. The van der Waals surface area contributed by atoms with Crippen molar-refractivity contribution in [1.82, 2.24) is 9.62 Å². The fourth-order valence-electron chi connectivity index (χ4n) is 2.92. The summed E-state index contributed by atoms with van der Waals surface area (Å²) < 4.78 is 26.8. The molecule has 1 amide bonds. The van der Waals surface area contributed by atoms with Crippen LogP contribution in [0.15, 0.2) is 29.2 Å². The van der Waals surface area contributed by atoms with Crippen molar-refractivity contribution in [2.45, 2.75) is 38.5 Å². The van der Waals surface area contributed by atoms with Gasteiger partial charge >= 0.3 is 5.97 Å². The fourth-order valence-corrected chi connectivity index (χ4v) is 4.39. The molecule has 0 aromatic heterocycles. The Hall–Kier alpha value is -1.93. The number of carbonyl (C=O) groups excluding carboxylic acids is 1. The van der Waals surface area contributed by atoms with Crippen LogP contribution < -0.4 is 5.32 Å². The average Bonchev–Trinajstić information content (AvgIpc) is 2.65. The van der Waals surface area contributed by atoms with Crippen LogP contribution in [-0.4, -0.2) is 49.3 Å². The molecule has 7 nitrogen and oxygen atoms in total. The van der Waals surface area contributed by atoms with E-state index in [4.69, 9.17) is 5.11 Å². The van der Waals surface area contributed by atoms with E-state index in [9.17, 15) is 18.0 Å². The van der Waals surface area contributed by atoms with Crippen LogP contribution in [0.25, 0.3) is 0 Å². The van der Waals surface area contributed by atoms with E-state index in [0.29, 0.717) is 31.2 Å². The first kappa shape index (κ1) is 21.4. The van der Waals surface area contributed by atoms with Gasteiger partial charge in [-0.3, -0.25) is 4.79 Å². The standard InChI is InChI=1S/C19H28N2O5S/c1-13(2)14(3)12-20-18(22)15-8-10-21(11-9-15)27(25,26)17-6-4-16(5-7-17)19(23)24/h4-7,13-15H,8-12H2,1-3H3,(H,20,22)(H,23,24). The molecule has 2 rings (SSSR count). The van der Waals surface area contributed by atoms with E-state index in [1.807, 2.05) is 0 Å². The number of amides is 1. The fraction of sp³-hybridized carbons (Fsp3) is 0.579. The van der Waals surface area contributed by atoms with E-state index in [2.05, 4.69) is 26.1 Å². The van der Waals surface area contributed by atoms with Crippen LogP contribution in [0, 0.1) is 17.8 Å². The molecule has 2 N–H and O–H groups in total. The zero-order valence-electron chi connectivity index (χ0n) is 16.0. The third-order valence-corrected chi connectivity index (χ3v) is 7.21. The molecule has 1 heterocycles. The highest BCUT2D eigenvalue weighted by Crippen LogP contribution is 2.24. The highest BCUT2D eigenvalue weighted by molar-refractivity contribution is 7.89. The first-order valence-electron chi connectivity index (χ1n) is 9.24. The number of rotatable bonds is 7. The number of carboxylic acid groups (broad SMARTS) is 1. The van der Waals surface area contributed by atoms with Gasteiger partial charge in [0.15, 0.2) is 0 Å². The van der Waals surface area contributed by atoms with Crippen molar-refractivity contribution in [3.63, 3.8) is 0 Å². The van der Waals surface area contributed by atoms with Gasteiger partial charge in [0.2, 0.25) is 15.9 Å². The lowest BCUT2D eigenvalue weighted by atomic mass is 9.95. The van der Waals surface area contributed by atoms with Crippen molar-refractivity contribution in [1.29, 1.82) is 0 Å². The molecule has 1 unspecified atom stereocenters. The normalized spacial score (nSPS) is 17.6. The molecule has 150 valence electrons. The molecule has 0 bridgehead atoms. The van der Waals surface area contributed by atoms with Crippen LogP contribution in [0.5, 0.6) is 0 Å². The average molecular weight is 397 g/mol. The third kappa shape index (κ3) is 5.29. The Balaban J connectivity index is 1.94. The van der Waals surface area contributed by atoms with Gasteiger partial charge < -0.3 is 10.4 Å². The largest absolute Gasteiger partial charge is 0.478 e. The summed E-state index contributed by atoms with van der Waals surface area (Å²) in [4.78, 5) is 23.3. The monoisotopic (exact) mass is 396 g/mol. The molecule has 1 fully saturated rings. The number of carbonyl (C=O) groups is 2. The summed E-state index contributed by atoms with van der Waals surface area (Å²) >= 11 is 0. The first-order chi connectivity index (χ1) is 12.6. The zero-order valence-corrected chi connectivity index (χ0v) is 16.8. The molecule has 8 heteroatoms. The van der Waals surface area contributed by atoms with Gasteiger partial charge in [-0.25, -0.2) is 13.2 Å². The van der Waals surface area contributed by atoms with Crippen LogP contribution in [0.1, 0.15) is 44.0 Å². The lowest BCUT2D eigenvalue weighted by Gasteiger charge is -2.31. The molecule has 0 radical (unpaired) electrons. The van der Waals surface area contributed by atoms with Crippen LogP contribution in [-0.2, 0) is 14.8 Å². The summed E-state index contributed by atoms with van der Waals surface area (Å²) in [5, 5.41) is 11.9. The quantitative estimate of drug-likeness (QED) is 0.735. The number of benzene rings is 1. The maximum absolute atomic E-state index is 12.7. The number of piperidine rings is 1. The Kier molecular flexibility index (Phi) is 7.00. The van der Waals surface area contributed by atoms with Gasteiger partial charge in [0.05, 0.1) is 10.5 Å². The van der Waals surface area contributed by atoms with E-state index >= 15 is 0 Å². The molecule has 27 heavy (non-hydrogen) atoms. The van der Waals surface area contributed by atoms with Crippen molar-refractivity contribution in [3.05, 3.63) is 29.8 Å². The SMILES string of the molecule is CC(C)C(C)CNC(=O)C1CCN(S(=O)(=O)c2ccc(C(=O)O)cc2)CC1. The topological polar surface area (TPSA) is 104 Å². The lowest BCUT2D eigenvalue weighted by molar-refractivity contribution is -0.126. The van der Waals surface area contributed by atoms with Crippen LogP contribution in [0.2, 0.25) is 0 Å². The number of carboxylic acids is 1. The maximum atomic E-state index is 12.7. The smallest absolute Gasteiger partial charge is 0.335 e. The summed E-state index contributed by atoms with van der Waals surface area (Å²) in [6.45, 7) is 7.51. The van der Waals surface area contributed by atoms with E-state index in [-0.39, 0.29) is 35.4 Å². The summed E-state index contributed by atoms with van der Waals surface area (Å²) in [5.41, 5.74) is 0.0416. The predicted molar refractivity (Wildman–Crippen MR) is 102 cm³/mol. The van der Waals surface area contributed by atoms with E-state index in [0.717, 1.165) is 0 Å². The second kappa shape index (κ2) is 8.84. The third-order valence-electron chi connectivity index (χ3n) is 5.30. The van der Waals surface area contributed by atoms with Gasteiger partial charge in [0.1, 0.15) is 0 Å². The highest BCUT2D eigenvalue weighted by Gasteiger charge is 2.32. The Morgan fingerprint density at radius 1 is 1.15 bits per heavy atom. The van der Waals surface area contributed by atoms with Gasteiger partial charge in [-0.2, -0.15) is 4.31 Å². The molecule has 1 aliphatic heterocycles. The number of nitrogens with one attached hydrogen (secondary N) is 1. The summed E-state index contributed by atoms with van der Waals surface area (Å²) in [6.07, 6.45) is 0.961. The lowest BCUT2D eigenvalue weighted by Crippen LogP contribution is -2.43. The van der Waals surface area contributed by atoms with Crippen LogP contribution >= 0.6 is 0 Å². The zero-order chi connectivity index (χ0) is 20.2. The minimum Gasteiger partial charge on any atom is -0.478 e. The van der Waals surface area contributed by atoms with Gasteiger partial charge in [-0.1, -0.05) is 20.8 Å². The van der Waals surface area contributed by atoms with Crippen molar-refractivity contribution in [3.8, 4) is 0 Å². The molecule has 1 aliphatic rings. The number of sulfonamides is 1. The maximum Gasteiger partial charge on any atom is 0.335 e. The van der Waals surface area contributed by atoms with Gasteiger partial charge in [-0.15, -0.1) is 0 Å². The van der Waals surface area contributed by atoms with E-state index in [1.165, 1.54) is 28.6 Å². The van der Waals surface area contributed by atoms with Gasteiger partial charge in [0.25, 0.3) is 0 Å². The Bertz CT molecular complexity index is 766. The van der Waals surface area contributed by atoms with Crippen molar-refractivity contribution in [2.24, 2.45) is 17.8 Å². The highest BCUT2D eigenvalue weighted by atomic mass is 32.2. The Morgan fingerprint density at radius 3 is 2.19 bits per heavy atom. The van der Waals surface area contributed by atoms with Gasteiger partial charge in [0, 0.05) is 25.6 Å². The second-order valence-electron chi connectivity index (χ2n) is 7.47. The molecule has 1 atom stereocenters. The Labute approximate surface area is 160 Å². The molecule has 1 saturated heterocycles. The first-order valence-corrected chi connectivity index (χ1v) is 10.7. The molecule has 0 saturated carbocycles. The Morgan fingerprint density at radius 2 is 1.70 bits per heavy atom. The molecule has 0 spiro atoms. The van der Waals surface area contributed by atoms with Crippen LogP contribution in [0.3, 0.4) is 0 Å². The minimum atomic E-state index is -3.68. The number of hydrogen-bond donors (Lipinski definition) is 2. The summed E-state index contributed by atoms with van der Waals surface area (Å²) in [7, 11) is -3.68. The van der Waals surface area contributed by atoms with E-state index < -0.39 is 16.0 Å². The minimum absolute atomic E-state index is 0.00893. The summed E-state index contributed by atoms with van der Waals surface area (Å²) in [6, 6.07) is 5.19. The van der Waals surface area contributed by atoms with E-state index in [1.54, 1.807) is 0 Å². The number of hydrogen-bond acceptors (Lipinski definition) is 4. The van der Waals surface area contributed by atoms with Crippen molar-refractivity contribution >= 4 is 21.9 Å². The van der Waals surface area contributed by atoms with Crippen molar-refractivity contribution in [2.75, 3.05) is 19.6 Å². The molecular formula is C19H28N2O5S. The molecule has 1 aromatic rings. The number of aromatic carboxylic acids is 1. The van der Waals surface area contributed by atoms with Gasteiger partial charge in [-0.05, 0) is 48.9 Å². The summed E-state index contributed by atoms with van der Waals surface area (Å²) in [5.74, 6) is -0.402. The van der Waals surface area contributed by atoms with Crippen molar-refractivity contribution < 1.29 is 23.1 Å². The predicted octanol–water partition coefficient (Wildman–Crippen LogP) is 2.19. The molecule has 0 aliphatic carbocycles. The molecular weight excluding hydrogens is 368 g/mol. The van der Waals surface area contributed by atoms with Crippen LogP contribution in [0.4, 0.5) is 0 Å².